The zero-order chi connectivity index (χ0) is 13.1. The number of nitriles is 1. The molecule has 2 aromatic rings. The van der Waals surface area contributed by atoms with Crippen molar-refractivity contribution in [2.45, 2.75) is 0 Å². The van der Waals surface area contributed by atoms with E-state index in [4.69, 9.17) is 5.26 Å². The fourth-order valence-corrected chi connectivity index (χ4v) is 1.50. The van der Waals surface area contributed by atoms with Crippen LogP contribution in [-0.4, -0.2) is 34.7 Å². The van der Waals surface area contributed by atoms with Gasteiger partial charge in [-0.05, 0) is 30.3 Å². The van der Waals surface area contributed by atoms with Gasteiger partial charge in [-0.2, -0.15) is 10.4 Å². The van der Waals surface area contributed by atoms with Crippen molar-refractivity contribution < 1.29 is 4.79 Å². The highest BCUT2D eigenvalue weighted by Crippen LogP contribution is 2.09. The van der Waals surface area contributed by atoms with Gasteiger partial charge < -0.3 is 4.90 Å². The molecule has 0 aliphatic rings. The quantitative estimate of drug-likeness (QED) is 0.798. The SMILES string of the molecule is CN(C)C(=O)c1ccn(-c2ccc(C#N)cc2)n1. The van der Waals surface area contributed by atoms with Crippen molar-refractivity contribution in [1.29, 1.82) is 5.26 Å². The highest BCUT2D eigenvalue weighted by Gasteiger charge is 2.11. The van der Waals surface area contributed by atoms with Crippen molar-refractivity contribution in [3.05, 3.63) is 47.8 Å². The van der Waals surface area contributed by atoms with Crippen LogP contribution < -0.4 is 0 Å². The van der Waals surface area contributed by atoms with Crippen LogP contribution in [0.5, 0.6) is 0 Å². The van der Waals surface area contributed by atoms with Gasteiger partial charge in [-0.15, -0.1) is 0 Å². The van der Waals surface area contributed by atoms with Crippen LogP contribution in [0.2, 0.25) is 0 Å². The first kappa shape index (κ1) is 11.9. The van der Waals surface area contributed by atoms with Crippen LogP contribution in [0.4, 0.5) is 0 Å². The van der Waals surface area contributed by atoms with Gasteiger partial charge >= 0.3 is 0 Å². The summed E-state index contributed by atoms with van der Waals surface area (Å²) in [6, 6.07) is 10.7. The van der Waals surface area contributed by atoms with Crippen molar-refractivity contribution in [3.63, 3.8) is 0 Å². The Morgan fingerprint density at radius 3 is 2.50 bits per heavy atom. The third-order valence-corrected chi connectivity index (χ3v) is 2.48. The summed E-state index contributed by atoms with van der Waals surface area (Å²) in [5, 5.41) is 12.9. The van der Waals surface area contributed by atoms with Gasteiger partial charge in [0.05, 0.1) is 17.3 Å². The third-order valence-electron chi connectivity index (χ3n) is 2.48. The molecule has 1 aromatic heterocycles. The number of nitrogens with zero attached hydrogens (tertiary/aromatic N) is 4. The summed E-state index contributed by atoms with van der Waals surface area (Å²) in [7, 11) is 3.37. The number of hydrogen-bond donors (Lipinski definition) is 0. The number of rotatable bonds is 2. The molecule has 2 rings (SSSR count). The van der Waals surface area contributed by atoms with E-state index in [2.05, 4.69) is 11.2 Å². The van der Waals surface area contributed by atoms with E-state index in [1.807, 2.05) is 0 Å². The average Bonchev–Trinajstić information content (AvgIpc) is 2.87. The number of aromatic nitrogens is 2. The predicted octanol–water partition coefficient (Wildman–Crippen LogP) is 1.45. The lowest BCUT2D eigenvalue weighted by molar-refractivity contribution is 0.0821. The van der Waals surface area contributed by atoms with Crippen molar-refractivity contribution in [1.82, 2.24) is 14.7 Å². The molecule has 0 N–H and O–H groups in total. The molecule has 90 valence electrons. The van der Waals surface area contributed by atoms with Crippen molar-refractivity contribution in [2.24, 2.45) is 0 Å². The highest BCUT2D eigenvalue weighted by molar-refractivity contribution is 5.91. The highest BCUT2D eigenvalue weighted by atomic mass is 16.2. The number of amides is 1. The Bertz CT molecular complexity index is 605. The average molecular weight is 240 g/mol. The van der Waals surface area contributed by atoms with Gasteiger partial charge in [0, 0.05) is 20.3 Å². The molecule has 1 heterocycles. The maximum absolute atomic E-state index is 11.7. The monoisotopic (exact) mass is 240 g/mol. The molecule has 5 nitrogen and oxygen atoms in total. The molecule has 0 bridgehead atoms. The van der Waals surface area contributed by atoms with Crippen LogP contribution in [0.1, 0.15) is 16.1 Å². The summed E-state index contributed by atoms with van der Waals surface area (Å²) < 4.78 is 1.61. The van der Waals surface area contributed by atoms with Crippen molar-refractivity contribution in [3.8, 4) is 11.8 Å². The minimum Gasteiger partial charge on any atom is -0.343 e. The zero-order valence-corrected chi connectivity index (χ0v) is 10.2. The Morgan fingerprint density at radius 2 is 1.94 bits per heavy atom. The van der Waals surface area contributed by atoms with Gasteiger partial charge in [-0.3, -0.25) is 4.79 Å². The molecule has 0 saturated carbocycles. The van der Waals surface area contributed by atoms with E-state index >= 15 is 0 Å². The predicted molar refractivity (Wildman–Crippen MR) is 66.3 cm³/mol. The molecule has 0 saturated heterocycles. The molecule has 0 radical (unpaired) electrons. The lowest BCUT2D eigenvalue weighted by atomic mass is 10.2. The topological polar surface area (TPSA) is 61.9 Å². The minimum atomic E-state index is -0.137. The number of benzene rings is 1. The second-order valence-electron chi connectivity index (χ2n) is 4.00. The van der Waals surface area contributed by atoms with E-state index < -0.39 is 0 Å². The summed E-state index contributed by atoms with van der Waals surface area (Å²) in [6.07, 6.45) is 1.72. The third kappa shape index (κ3) is 2.23. The van der Waals surface area contributed by atoms with Crippen LogP contribution in [0.15, 0.2) is 36.5 Å². The summed E-state index contributed by atoms with van der Waals surface area (Å²) in [5.41, 5.74) is 1.80. The number of hydrogen-bond acceptors (Lipinski definition) is 3. The Morgan fingerprint density at radius 1 is 1.28 bits per heavy atom. The van der Waals surface area contributed by atoms with Crippen LogP contribution in [0.3, 0.4) is 0 Å². The standard InChI is InChI=1S/C13H12N4O/c1-16(2)13(18)12-7-8-17(15-12)11-5-3-10(9-14)4-6-11/h3-8H,1-2H3. The smallest absolute Gasteiger partial charge is 0.273 e. The summed E-state index contributed by atoms with van der Waals surface area (Å²) >= 11 is 0. The lowest BCUT2D eigenvalue weighted by Gasteiger charge is -2.07. The molecular formula is C13H12N4O. The van der Waals surface area contributed by atoms with Crippen molar-refractivity contribution >= 4 is 5.91 Å². The first-order valence-electron chi connectivity index (χ1n) is 5.39. The first-order chi connectivity index (χ1) is 8.61. The number of carbonyl (C=O) groups excluding carboxylic acids is 1. The summed E-state index contributed by atoms with van der Waals surface area (Å²) in [6.45, 7) is 0. The van der Waals surface area contributed by atoms with E-state index in [0.29, 0.717) is 11.3 Å². The summed E-state index contributed by atoms with van der Waals surface area (Å²) in [5.74, 6) is -0.137. The normalized spacial score (nSPS) is 9.83. The molecule has 18 heavy (non-hydrogen) atoms. The zero-order valence-electron chi connectivity index (χ0n) is 10.2. The van der Waals surface area contributed by atoms with Crippen molar-refractivity contribution in [2.75, 3.05) is 14.1 Å². The van der Waals surface area contributed by atoms with Gasteiger partial charge in [0.25, 0.3) is 5.91 Å². The molecule has 0 fully saturated rings. The Labute approximate surface area is 105 Å². The Kier molecular flexibility index (Phi) is 3.11. The summed E-state index contributed by atoms with van der Waals surface area (Å²) in [4.78, 5) is 13.2. The molecule has 1 aromatic carbocycles. The maximum Gasteiger partial charge on any atom is 0.273 e. The lowest BCUT2D eigenvalue weighted by Crippen LogP contribution is -2.22. The van der Waals surface area contributed by atoms with E-state index in [-0.39, 0.29) is 5.91 Å². The Balaban J connectivity index is 2.29. The maximum atomic E-state index is 11.7. The van der Waals surface area contributed by atoms with E-state index in [0.717, 1.165) is 5.69 Å². The molecular weight excluding hydrogens is 228 g/mol. The Hall–Kier alpha value is -2.61. The fraction of sp³-hybridized carbons (Fsp3) is 0.154. The molecule has 0 aliphatic carbocycles. The molecule has 1 amide bonds. The van der Waals surface area contributed by atoms with E-state index in [9.17, 15) is 4.79 Å². The fourth-order valence-electron chi connectivity index (χ4n) is 1.50. The van der Waals surface area contributed by atoms with Crippen LogP contribution in [0, 0.1) is 11.3 Å². The molecule has 0 spiro atoms. The second kappa shape index (κ2) is 4.72. The molecule has 5 heteroatoms. The molecule has 0 unspecified atom stereocenters. The van der Waals surface area contributed by atoms with Crippen LogP contribution in [0.25, 0.3) is 5.69 Å². The van der Waals surface area contributed by atoms with Crippen LogP contribution >= 0.6 is 0 Å². The van der Waals surface area contributed by atoms with Gasteiger partial charge in [-0.25, -0.2) is 4.68 Å². The van der Waals surface area contributed by atoms with Gasteiger partial charge in [-0.1, -0.05) is 0 Å². The van der Waals surface area contributed by atoms with Gasteiger partial charge in [0.15, 0.2) is 5.69 Å². The van der Waals surface area contributed by atoms with E-state index in [1.54, 1.807) is 55.3 Å². The second-order valence-corrected chi connectivity index (χ2v) is 4.00. The van der Waals surface area contributed by atoms with Gasteiger partial charge in [0.1, 0.15) is 0 Å². The largest absolute Gasteiger partial charge is 0.343 e. The van der Waals surface area contributed by atoms with E-state index in [1.165, 1.54) is 4.90 Å². The molecule has 0 atom stereocenters. The first-order valence-corrected chi connectivity index (χ1v) is 5.39. The number of carbonyl (C=O) groups is 1. The van der Waals surface area contributed by atoms with Gasteiger partial charge in [0.2, 0.25) is 0 Å². The minimum absolute atomic E-state index is 0.137. The molecule has 0 aliphatic heterocycles. The van der Waals surface area contributed by atoms with Crippen LogP contribution in [-0.2, 0) is 0 Å².